The molecule has 5 heteroatoms. The second kappa shape index (κ2) is 9.23. The molecular weight excluding hydrogens is 336 g/mol. The van der Waals surface area contributed by atoms with Gasteiger partial charge in [-0.1, -0.05) is 42.6 Å². The maximum atomic E-state index is 11.3. The average molecular weight is 355 g/mol. The van der Waals surface area contributed by atoms with Crippen molar-refractivity contribution in [2.75, 3.05) is 0 Å². The van der Waals surface area contributed by atoms with Gasteiger partial charge in [0.2, 0.25) is 0 Å². The predicted molar refractivity (Wildman–Crippen MR) is 95.2 cm³/mol. The van der Waals surface area contributed by atoms with Crippen LogP contribution >= 0.6 is 34.7 Å². The Hall–Kier alpha value is -0.970. The van der Waals surface area contributed by atoms with Crippen molar-refractivity contribution < 1.29 is 9.90 Å². The molecule has 0 amide bonds. The van der Waals surface area contributed by atoms with E-state index in [2.05, 4.69) is 12.1 Å². The third kappa shape index (κ3) is 6.03. The van der Waals surface area contributed by atoms with Crippen molar-refractivity contribution in [1.82, 2.24) is 0 Å². The van der Waals surface area contributed by atoms with Crippen LogP contribution in [0, 0.1) is 0 Å². The van der Waals surface area contributed by atoms with E-state index in [-0.39, 0.29) is 5.25 Å². The molecule has 2 aromatic rings. The molecule has 0 aliphatic heterocycles. The average Bonchev–Trinajstić information content (AvgIpc) is 3.00. The largest absolute Gasteiger partial charge is 0.480 e. The summed E-state index contributed by atoms with van der Waals surface area (Å²) in [6, 6.07) is 11.9. The molecule has 0 fully saturated rings. The molecule has 1 atom stereocenters. The molecule has 1 heterocycles. The molecule has 0 saturated carbocycles. The van der Waals surface area contributed by atoms with Gasteiger partial charge in [-0.05, 0) is 48.4 Å². The van der Waals surface area contributed by atoms with Crippen molar-refractivity contribution in [3.8, 4) is 0 Å². The van der Waals surface area contributed by atoms with Gasteiger partial charge in [-0.2, -0.15) is 0 Å². The fourth-order valence-electron chi connectivity index (χ4n) is 2.19. The quantitative estimate of drug-likeness (QED) is 0.460. The summed E-state index contributed by atoms with van der Waals surface area (Å²) in [6.07, 6.45) is 4.82. The minimum absolute atomic E-state index is 0.339. The second-order valence-corrected chi connectivity index (χ2v) is 7.99. The summed E-state index contributed by atoms with van der Waals surface area (Å²) >= 11 is 8.92. The molecule has 1 N–H and O–H groups in total. The zero-order valence-corrected chi connectivity index (χ0v) is 14.6. The summed E-state index contributed by atoms with van der Waals surface area (Å²) in [5.74, 6) is -0.712. The number of thiophene rings is 1. The first-order valence-corrected chi connectivity index (χ1v) is 9.46. The van der Waals surface area contributed by atoms with Gasteiger partial charge in [0.25, 0.3) is 0 Å². The number of carboxylic acids is 1. The second-order valence-electron chi connectivity index (χ2n) is 5.10. The Morgan fingerprint density at radius 2 is 1.95 bits per heavy atom. The molecule has 1 unspecified atom stereocenters. The summed E-state index contributed by atoms with van der Waals surface area (Å²) in [4.78, 5) is 11.3. The maximum absolute atomic E-state index is 11.3. The molecule has 2 rings (SSSR count). The Morgan fingerprint density at radius 1 is 1.18 bits per heavy atom. The number of thioether (sulfide) groups is 1. The third-order valence-electron chi connectivity index (χ3n) is 3.37. The van der Waals surface area contributed by atoms with Crippen molar-refractivity contribution in [2.24, 2.45) is 0 Å². The van der Waals surface area contributed by atoms with Crippen LogP contribution in [-0.2, 0) is 11.2 Å². The van der Waals surface area contributed by atoms with Crippen LogP contribution in [0.25, 0.3) is 0 Å². The van der Waals surface area contributed by atoms with Crippen molar-refractivity contribution in [1.29, 1.82) is 0 Å². The van der Waals surface area contributed by atoms with E-state index >= 15 is 0 Å². The highest BCUT2D eigenvalue weighted by molar-refractivity contribution is 8.02. The highest BCUT2D eigenvalue weighted by Gasteiger charge is 2.18. The number of rotatable bonds is 9. The van der Waals surface area contributed by atoms with Crippen LogP contribution in [0.15, 0.2) is 46.0 Å². The molecule has 0 bridgehead atoms. The van der Waals surface area contributed by atoms with Crippen LogP contribution in [0.5, 0.6) is 0 Å². The van der Waals surface area contributed by atoms with Crippen molar-refractivity contribution in [3.05, 3.63) is 52.4 Å². The summed E-state index contributed by atoms with van der Waals surface area (Å²) in [7, 11) is 0. The number of unbranched alkanes of at least 4 members (excludes halogenated alkanes) is 2. The zero-order chi connectivity index (χ0) is 15.8. The number of hydrogen-bond donors (Lipinski definition) is 1. The third-order valence-corrected chi connectivity index (χ3v) is 5.96. The van der Waals surface area contributed by atoms with Gasteiger partial charge in [-0.15, -0.1) is 23.1 Å². The zero-order valence-electron chi connectivity index (χ0n) is 12.2. The lowest BCUT2D eigenvalue weighted by atomic mass is 10.1. The fourth-order valence-corrected chi connectivity index (χ4v) is 4.32. The minimum atomic E-state index is -0.712. The van der Waals surface area contributed by atoms with Crippen molar-refractivity contribution in [2.45, 2.75) is 41.6 Å². The molecule has 0 radical (unpaired) electrons. The number of aryl methyl sites for hydroxylation is 1. The van der Waals surface area contributed by atoms with Gasteiger partial charge in [0.1, 0.15) is 5.25 Å². The van der Waals surface area contributed by atoms with E-state index in [0.717, 1.165) is 41.3 Å². The lowest BCUT2D eigenvalue weighted by molar-refractivity contribution is -0.136. The van der Waals surface area contributed by atoms with Gasteiger partial charge in [-0.25, -0.2) is 0 Å². The first-order chi connectivity index (χ1) is 10.6. The van der Waals surface area contributed by atoms with Crippen LogP contribution in [0.4, 0.5) is 0 Å². The molecular formula is C17H19ClO2S2. The Balaban J connectivity index is 1.67. The summed E-state index contributed by atoms with van der Waals surface area (Å²) in [6.45, 7) is 0. The van der Waals surface area contributed by atoms with Gasteiger partial charge < -0.3 is 5.11 Å². The molecule has 2 nitrogen and oxygen atoms in total. The molecule has 0 aliphatic rings. The Morgan fingerprint density at radius 3 is 2.59 bits per heavy atom. The molecule has 0 spiro atoms. The van der Waals surface area contributed by atoms with E-state index in [0.29, 0.717) is 0 Å². The lowest BCUT2D eigenvalue weighted by Gasteiger charge is -2.10. The Kier molecular flexibility index (Phi) is 7.30. The molecule has 1 aromatic carbocycles. The van der Waals surface area contributed by atoms with Crippen LogP contribution in [-0.4, -0.2) is 16.3 Å². The summed E-state index contributed by atoms with van der Waals surface area (Å²) < 4.78 is 1.08. The van der Waals surface area contributed by atoms with Gasteiger partial charge >= 0.3 is 5.97 Å². The van der Waals surface area contributed by atoms with E-state index in [4.69, 9.17) is 11.6 Å². The van der Waals surface area contributed by atoms with Crippen molar-refractivity contribution >= 4 is 40.7 Å². The first-order valence-electron chi connectivity index (χ1n) is 7.32. The molecule has 0 saturated heterocycles. The number of hydrogen-bond acceptors (Lipinski definition) is 3. The normalized spacial score (nSPS) is 12.2. The number of halogens is 1. The smallest absolute Gasteiger partial charge is 0.317 e. The van der Waals surface area contributed by atoms with Crippen LogP contribution in [0.2, 0.25) is 5.02 Å². The van der Waals surface area contributed by atoms with Crippen LogP contribution < -0.4 is 0 Å². The van der Waals surface area contributed by atoms with E-state index in [9.17, 15) is 9.90 Å². The number of carboxylic acid groups (broad SMARTS) is 1. The predicted octanol–water partition coefficient (Wildman–Crippen LogP) is 5.75. The first kappa shape index (κ1) is 17.4. The Labute approximate surface area is 144 Å². The van der Waals surface area contributed by atoms with Crippen molar-refractivity contribution in [3.63, 3.8) is 0 Å². The van der Waals surface area contributed by atoms with E-state index < -0.39 is 5.97 Å². The van der Waals surface area contributed by atoms with Gasteiger partial charge in [0, 0.05) is 5.02 Å². The van der Waals surface area contributed by atoms with Gasteiger partial charge in [0.05, 0.1) is 4.21 Å². The van der Waals surface area contributed by atoms with Crippen LogP contribution in [0.1, 0.15) is 31.2 Å². The minimum Gasteiger partial charge on any atom is -0.480 e. The maximum Gasteiger partial charge on any atom is 0.317 e. The van der Waals surface area contributed by atoms with E-state index in [1.807, 2.05) is 29.6 Å². The number of benzene rings is 1. The summed E-state index contributed by atoms with van der Waals surface area (Å²) in [5, 5.41) is 11.7. The van der Waals surface area contributed by atoms with Gasteiger partial charge in [0.15, 0.2) is 0 Å². The molecule has 1 aromatic heterocycles. The number of aliphatic carboxylic acids is 1. The molecule has 118 valence electrons. The van der Waals surface area contributed by atoms with E-state index in [1.165, 1.54) is 17.3 Å². The summed E-state index contributed by atoms with van der Waals surface area (Å²) in [5.41, 5.74) is 1.28. The van der Waals surface area contributed by atoms with E-state index in [1.54, 1.807) is 11.3 Å². The number of carbonyl (C=O) groups is 1. The highest BCUT2D eigenvalue weighted by Crippen LogP contribution is 2.30. The highest BCUT2D eigenvalue weighted by atomic mass is 35.5. The molecule has 0 aliphatic carbocycles. The van der Waals surface area contributed by atoms with Crippen LogP contribution in [0.3, 0.4) is 0 Å². The molecule has 22 heavy (non-hydrogen) atoms. The standard InChI is InChI=1S/C17H19ClO2S2/c18-14-10-8-13(9-11-14)5-2-1-3-6-15(17(19)20)22-16-7-4-12-21-16/h4,7-12,15H,1-3,5-6H2,(H,19,20). The van der Waals surface area contributed by atoms with Gasteiger partial charge in [-0.3, -0.25) is 4.79 Å². The fraction of sp³-hybridized carbons (Fsp3) is 0.353. The monoisotopic (exact) mass is 354 g/mol. The SMILES string of the molecule is O=C(O)C(CCCCCc1ccc(Cl)cc1)Sc1cccs1. The Bertz CT molecular complexity index is 567. The lowest BCUT2D eigenvalue weighted by Crippen LogP contribution is -2.15. The topological polar surface area (TPSA) is 37.3 Å².